The van der Waals surface area contributed by atoms with Crippen molar-refractivity contribution in [2.75, 3.05) is 12.4 Å². The van der Waals surface area contributed by atoms with Crippen LogP contribution < -0.4 is 5.32 Å². The second-order valence-corrected chi connectivity index (χ2v) is 4.51. The molecular weight excluding hydrogens is 246 g/mol. The lowest BCUT2D eigenvalue weighted by Gasteiger charge is -2.09. The van der Waals surface area contributed by atoms with Crippen LogP contribution in [0.4, 0.5) is 5.69 Å². The van der Waals surface area contributed by atoms with E-state index >= 15 is 0 Å². The largest absolute Gasteiger partial charge is 0.388 e. The molecule has 2 nitrogen and oxygen atoms in total. The Morgan fingerprint density at radius 1 is 1.06 bits per heavy atom. The molecule has 0 atom stereocenters. The van der Waals surface area contributed by atoms with Gasteiger partial charge in [-0.15, -0.1) is 0 Å². The van der Waals surface area contributed by atoms with Gasteiger partial charge in [0.1, 0.15) is 0 Å². The molecule has 92 valence electrons. The summed E-state index contributed by atoms with van der Waals surface area (Å²) in [5.41, 5.74) is 3.60. The van der Waals surface area contributed by atoms with Crippen LogP contribution in [0.2, 0.25) is 5.02 Å². The van der Waals surface area contributed by atoms with Crippen molar-refractivity contribution >= 4 is 23.1 Å². The predicted octanol–water partition coefficient (Wildman–Crippen LogP) is 4.25. The summed E-state index contributed by atoms with van der Waals surface area (Å²) < 4.78 is 0. The van der Waals surface area contributed by atoms with Crippen LogP contribution in [0.15, 0.2) is 42.5 Å². The summed E-state index contributed by atoms with van der Waals surface area (Å²) in [6.07, 6.45) is 0. The molecule has 18 heavy (non-hydrogen) atoms. The number of carbonyl (C=O) groups excluding carboxylic acids is 1. The SMILES string of the molecule is CNc1ccc(-c2ccc(Cl)cc2)cc1C(C)=O. The Hall–Kier alpha value is -1.80. The summed E-state index contributed by atoms with van der Waals surface area (Å²) in [4.78, 5) is 11.6. The first kappa shape index (κ1) is 12.7. The van der Waals surface area contributed by atoms with Crippen molar-refractivity contribution in [1.82, 2.24) is 0 Å². The maximum Gasteiger partial charge on any atom is 0.161 e. The maximum atomic E-state index is 11.6. The van der Waals surface area contributed by atoms with Gasteiger partial charge in [0.05, 0.1) is 0 Å². The lowest BCUT2D eigenvalue weighted by Crippen LogP contribution is -2.00. The van der Waals surface area contributed by atoms with Gasteiger partial charge < -0.3 is 5.32 Å². The zero-order valence-electron chi connectivity index (χ0n) is 10.3. The molecule has 0 amide bonds. The molecule has 0 saturated heterocycles. The molecule has 2 aromatic rings. The van der Waals surface area contributed by atoms with E-state index in [0.29, 0.717) is 10.6 Å². The van der Waals surface area contributed by atoms with Crippen molar-refractivity contribution in [3.8, 4) is 11.1 Å². The standard InChI is InChI=1S/C15H14ClNO/c1-10(18)14-9-12(5-8-15(14)17-2)11-3-6-13(16)7-4-11/h3-9,17H,1-2H3. The lowest BCUT2D eigenvalue weighted by molar-refractivity contribution is 0.101. The molecule has 0 radical (unpaired) electrons. The Labute approximate surface area is 112 Å². The number of nitrogens with one attached hydrogen (secondary N) is 1. The number of ketones is 1. The Morgan fingerprint density at radius 3 is 2.22 bits per heavy atom. The second kappa shape index (κ2) is 5.23. The monoisotopic (exact) mass is 259 g/mol. The van der Waals surface area contributed by atoms with Gasteiger partial charge in [0, 0.05) is 23.3 Å². The van der Waals surface area contributed by atoms with Gasteiger partial charge in [0.25, 0.3) is 0 Å². The van der Waals surface area contributed by atoms with Crippen LogP contribution >= 0.6 is 11.6 Å². The molecule has 0 aliphatic rings. The highest BCUT2D eigenvalue weighted by Crippen LogP contribution is 2.26. The highest BCUT2D eigenvalue weighted by molar-refractivity contribution is 6.30. The molecule has 0 aliphatic carbocycles. The van der Waals surface area contributed by atoms with E-state index in [2.05, 4.69) is 5.32 Å². The Bertz CT molecular complexity index is 576. The number of hydrogen-bond donors (Lipinski definition) is 1. The molecule has 0 fully saturated rings. The fourth-order valence-electron chi connectivity index (χ4n) is 1.88. The summed E-state index contributed by atoms with van der Waals surface area (Å²) in [5.74, 6) is 0.0511. The lowest BCUT2D eigenvalue weighted by atomic mass is 10.00. The van der Waals surface area contributed by atoms with Gasteiger partial charge in [-0.2, -0.15) is 0 Å². The van der Waals surface area contributed by atoms with Crippen LogP contribution in [0.3, 0.4) is 0 Å². The normalized spacial score (nSPS) is 10.2. The van der Waals surface area contributed by atoms with Crippen LogP contribution in [0.1, 0.15) is 17.3 Å². The molecule has 0 bridgehead atoms. The summed E-state index contributed by atoms with van der Waals surface area (Å²) in [6, 6.07) is 13.4. The van der Waals surface area contributed by atoms with E-state index in [0.717, 1.165) is 16.8 Å². The molecular formula is C15H14ClNO. The first-order valence-corrected chi connectivity index (χ1v) is 6.08. The maximum absolute atomic E-state index is 11.6. The van der Waals surface area contributed by atoms with E-state index in [9.17, 15) is 4.79 Å². The Balaban J connectivity index is 2.49. The minimum absolute atomic E-state index is 0.0511. The number of anilines is 1. The molecule has 3 heteroatoms. The predicted molar refractivity (Wildman–Crippen MR) is 76.4 cm³/mol. The van der Waals surface area contributed by atoms with Crippen LogP contribution in [0, 0.1) is 0 Å². The molecule has 0 saturated carbocycles. The van der Waals surface area contributed by atoms with Crippen molar-refractivity contribution in [2.45, 2.75) is 6.92 Å². The van der Waals surface area contributed by atoms with Crippen molar-refractivity contribution < 1.29 is 4.79 Å². The topological polar surface area (TPSA) is 29.1 Å². The first-order valence-electron chi connectivity index (χ1n) is 5.70. The third-order valence-electron chi connectivity index (χ3n) is 2.85. The fraction of sp³-hybridized carbons (Fsp3) is 0.133. The summed E-state index contributed by atoms with van der Waals surface area (Å²) >= 11 is 5.86. The summed E-state index contributed by atoms with van der Waals surface area (Å²) in [5, 5.41) is 3.73. The summed E-state index contributed by atoms with van der Waals surface area (Å²) in [7, 11) is 1.81. The van der Waals surface area contributed by atoms with Gasteiger partial charge in [-0.05, 0) is 42.3 Å². The molecule has 0 spiro atoms. The Kier molecular flexibility index (Phi) is 3.68. The van der Waals surface area contributed by atoms with E-state index in [1.807, 2.05) is 49.5 Å². The number of Topliss-reactive ketones (excluding diaryl/α,β-unsaturated/α-hetero) is 1. The van der Waals surface area contributed by atoms with Gasteiger partial charge in [0.2, 0.25) is 0 Å². The quantitative estimate of drug-likeness (QED) is 0.835. The van der Waals surface area contributed by atoms with Gasteiger partial charge in [-0.25, -0.2) is 0 Å². The molecule has 0 aliphatic heterocycles. The Morgan fingerprint density at radius 2 is 1.67 bits per heavy atom. The molecule has 2 aromatic carbocycles. The smallest absolute Gasteiger partial charge is 0.161 e. The summed E-state index contributed by atoms with van der Waals surface area (Å²) in [6.45, 7) is 1.57. The zero-order valence-corrected chi connectivity index (χ0v) is 11.1. The highest BCUT2D eigenvalue weighted by atomic mass is 35.5. The van der Waals surface area contributed by atoms with Crippen molar-refractivity contribution in [3.05, 3.63) is 53.1 Å². The average molecular weight is 260 g/mol. The average Bonchev–Trinajstić information content (AvgIpc) is 2.39. The third-order valence-corrected chi connectivity index (χ3v) is 3.10. The molecule has 0 heterocycles. The molecule has 1 N–H and O–H groups in total. The van der Waals surface area contributed by atoms with E-state index in [4.69, 9.17) is 11.6 Å². The second-order valence-electron chi connectivity index (χ2n) is 4.07. The van der Waals surface area contributed by atoms with Crippen molar-refractivity contribution in [3.63, 3.8) is 0 Å². The number of rotatable bonds is 3. The molecule has 0 unspecified atom stereocenters. The van der Waals surface area contributed by atoms with Gasteiger partial charge in [-0.1, -0.05) is 29.8 Å². The molecule has 0 aromatic heterocycles. The van der Waals surface area contributed by atoms with Crippen LogP contribution in [0.25, 0.3) is 11.1 Å². The van der Waals surface area contributed by atoms with E-state index in [1.54, 1.807) is 6.92 Å². The minimum atomic E-state index is 0.0511. The van der Waals surface area contributed by atoms with Crippen LogP contribution in [-0.4, -0.2) is 12.8 Å². The zero-order chi connectivity index (χ0) is 13.1. The first-order chi connectivity index (χ1) is 8.61. The minimum Gasteiger partial charge on any atom is -0.388 e. The van der Waals surface area contributed by atoms with E-state index in [-0.39, 0.29) is 5.78 Å². The molecule has 2 rings (SSSR count). The third kappa shape index (κ3) is 2.54. The van der Waals surface area contributed by atoms with Crippen molar-refractivity contribution in [2.24, 2.45) is 0 Å². The van der Waals surface area contributed by atoms with Gasteiger partial charge in [0.15, 0.2) is 5.78 Å². The van der Waals surface area contributed by atoms with Gasteiger partial charge in [-0.3, -0.25) is 4.79 Å². The highest BCUT2D eigenvalue weighted by Gasteiger charge is 2.08. The van der Waals surface area contributed by atoms with Gasteiger partial charge >= 0.3 is 0 Å². The number of halogens is 1. The number of benzene rings is 2. The van der Waals surface area contributed by atoms with Crippen molar-refractivity contribution in [1.29, 1.82) is 0 Å². The number of carbonyl (C=O) groups is 1. The fourth-order valence-corrected chi connectivity index (χ4v) is 2.00. The number of hydrogen-bond acceptors (Lipinski definition) is 2. The van der Waals surface area contributed by atoms with E-state index < -0.39 is 0 Å². The van der Waals surface area contributed by atoms with Crippen LogP contribution in [-0.2, 0) is 0 Å². The van der Waals surface area contributed by atoms with E-state index in [1.165, 1.54) is 0 Å². The van der Waals surface area contributed by atoms with Crippen LogP contribution in [0.5, 0.6) is 0 Å².